The predicted molar refractivity (Wildman–Crippen MR) is 66.4 cm³/mol. The molecule has 1 N–H and O–H groups in total. The van der Waals surface area contributed by atoms with Gasteiger partial charge in [0, 0.05) is 17.0 Å². The second-order valence-electron chi connectivity index (χ2n) is 5.48. The lowest BCUT2D eigenvalue weighted by molar-refractivity contribution is -0.123. The van der Waals surface area contributed by atoms with Gasteiger partial charge in [-0.15, -0.1) is 0 Å². The molecule has 86 valence electrons. The van der Waals surface area contributed by atoms with Crippen LogP contribution in [0.25, 0.3) is 0 Å². The molecule has 2 rings (SSSR count). The van der Waals surface area contributed by atoms with Crippen LogP contribution in [-0.2, 0) is 10.2 Å². The fraction of sp³-hybridized carbons (Fsp3) is 0.500. The largest absolute Gasteiger partial charge is 0.326 e. The number of carbonyl (C=O) groups is 1. The normalized spacial score (nSPS) is 22.8. The molecule has 0 spiro atoms. The van der Waals surface area contributed by atoms with E-state index in [-0.39, 0.29) is 17.2 Å². The molecule has 1 aromatic rings. The first-order chi connectivity index (χ1) is 7.44. The van der Waals surface area contributed by atoms with Crippen LogP contribution < -0.4 is 5.32 Å². The summed E-state index contributed by atoms with van der Waals surface area (Å²) < 4.78 is 0. The SMILES string of the molecule is CC(C)C1C(=O)Nc2ccccc2C1(C)C. The van der Waals surface area contributed by atoms with Crippen molar-refractivity contribution in [2.24, 2.45) is 11.8 Å². The highest BCUT2D eigenvalue weighted by molar-refractivity contribution is 5.97. The minimum atomic E-state index is -0.0902. The Morgan fingerprint density at radius 2 is 1.88 bits per heavy atom. The molecule has 1 aliphatic heterocycles. The average molecular weight is 217 g/mol. The molecule has 0 aromatic heterocycles. The summed E-state index contributed by atoms with van der Waals surface area (Å²) in [7, 11) is 0. The van der Waals surface area contributed by atoms with Gasteiger partial charge in [0.1, 0.15) is 0 Å². The smallest absolute Gasteiger partial charge is 0.228 e. The van der Waals surface area contributed by atoms with E-state index in [1.807, 2.05) is 18.2 Å². The minimum absolute atomic E-state index is 0.0439. The fourth-order valence-corrected chi connectivity index (χ4v) is 3.00. The third-order valence-electron chi connectivity index (χ3n) is 3.61. The summed E-state index contributed by atoms with van der Waals surface area (Å²) in [6.07, 6.45) is 0. The van der Waals surface area contributed by atoms with Crippen molar-refractivity contribution in [3.05, 3.63) is 29.8 Å². The summed E-state index contributed by atoms with van der Waals surface area (Å²) in [6, 6.07) is 8.09. The van der Waals surface area contributed by atoms with E-state index in [1.165, 1.54) is 5.56 Å². The van der Waals surface area contributed by atoms with Crippen LogP contribution in [0.4, 0.5) is 5.69 Å². The van der Waals surface area contributed by atoms with Gasteiger partial charge < -0.3 is 5.32 Å². The number of hydrogen-bond donors (Lipinski definition) is 1. The van der Waals surface area contributed by atoms with Crippen molar-refractivity contribution in [1.29, 1.82) is 0 Å². The summed E-state index contributed by atoms with van der Waals surface area (Å²) >= 11 is 0. The van der Waals surface area contributed by atoms with Crippen LogP contribution in [0.1, 0.15) is 33.3 Å². The van der Waals surface area contributed by atoms with Gasteiger partial charge in [-0.05, 0) is 17.5 Å². The number of rotatable bonds is 1. The Balaban J connectivity index is 2.55. The molecule has 16 heavy (non-hydrogen) atoms. The number of nitrogens with one attached hydrogen (secondary N) is 1. The summed E-state index contributed by atoms with van der Waals surface area (Å²) in [5.74, 6) is 0.546. The van der Waals surface area contributed by atoms with E-state index in [1.54, 1.807) is 0 Å². The highest BCUT2D eigenvalue weighted by atomic mass is 16.2. The predicted octanol–water partition coefficient (Wildman–Crippen LogP) is 3.19. The maximum atomic E-state index is 12.1. The molecule has 0 bridgehead atoms. The Morgan fingerprint density at radius 1 is 1.25 bits per heavy atom. The van der Waals surface area contributed by atoms with Crippen molar-refractivity contribution in [2.45, 2.75) is 33.1 Å². The second kappa shape index (κ2) is 3.62. The van der Waals surface area contributed by atoms with E-state index < -0.39 is 0 Å². The maximum absolute atomic E-state index is 12.1. The van der Waals surface area contributed by atoms with Crippen LogP contribution in [0.5, 0.6) is 0 Å². The summed E-state index contributed by atoms with van der Waals surface area (Å²) in [4.78, 5) is 12.1. The zero-order valence-corrected chi connectivity index (χ0v) is 10.4. The Bertz CT molecular complexity index is 420. The number of benzene rings is 1. The highest BCUT2D eigenvalue weighted by Gasteiger charge is 2.43. The van der Waals surface area contributed by atoms with Crippen LogP contribution in [-0.4, -0.2) is 5.91 Å². The number of amides is 1. The number of anilines is 1. The third kappa shape index (κ3) is 1.53. The van der Waals surface area contributed by atoms with Crippen LogP contribution in [0.15, 0.2) is 24.3 Å². The van der Waals surface area contributed by atoms with E-state index in [2.05, 4.69) is 39.1 Å². The number of hydrogen-bond acceptors (Lipinski definition) is 1. The Labute approximate surface area is 97.1 Å². The van der Waals surface area contributed by atoms with E-state index in [0.717, 1.165) is 5.69 Å². The lowest BCUT2D eigenvalue weighted by Crippen LogP contribution is -2.45. The lowest BCUT2D eigenvalue weighted by Gasteiger charge is -2.41. The van der Waals surface area contributed by atoms with Gasteiger partial charge in [-0.1, -0.05) is 45.9 Å². The van der Waals surface area contributed by atoms with Gasteiger partial charge in [-0.2, -0.15) is 0 Å². The highest BCUT2D eigenvalue weighted by Crippen LogP contribution is 2.43. The molecule has 2 heteroatoms. The average Bonchev–Trinajstić information content (AvgIpc) is 2.15. The summed E-state index contributed by atoms with van der Waals surface area (Å²) in [6.45, 7) is 8.55. The van der Waals surface area contributed by atoms with E-state index in [0.29, 0.717) is 5.92 Å². The Kier molecular flexibility index (Phi) is 2.53. The van der Waals surface area contributed by atoms with Crippen molar-refractivity contribution in [3.63, 3.8) is 0 Å². The molecule has 0 aliphatic carbocycles. The van der Waals surface area contributed by atoms with Crippen LogP contribution in [0.2, 0.25) is 0 Å². The molecular formula is C14H19NO. The van der Waals surface area contributed by atoms with Crippen LogP contribution in [0.3, 0.4) is 0 Å². The van der Waals surface area contributed by atoms with Gasteiger partial charge in [0.05, 0.1) is 0 Å². The quantitative estimate of drug-likeness (QED) is 0.769. The molecule has 0 fully saturated rings. The van der Waals surface area contributed by atoms with E-state index in [9.17, 15) is 4.79 Å². The molecule has 0 saturated carbocycles. The summed E-state index contributed by atoms with van der Waals surface area (Å²) in [5.41, 5.74) is 2.12. The van der Waals surface area contributed by atoms with Gasteiger partial charge in [-0.25, -0.2) is 0 Å². The molecule has 1 unspecified atom stereocenters. The molecule has 1 aromatic carbocycles. The molecule has 0 saturated heterocycles. The molecule has 1 amide bonds. The summed E-state index contributed by atoms with van der Waals surface area (Å²) in [5, 5.41) is 3.01. The van der Waals surface area contributed by atoms with E-state index in [4.69, 9.17) is 0 Å². The number of carbonyl (C=O) groups excluding carboxylic acids is 1. The van der Waals surface area contributed by atoms with Crippen molar-refractivity contribution < 1.29 is 4.79 Å². The van der Waals surface area contributed by atoms with Crippen molar-refractivity contribution >= 4 is 11.6 Å². The minimum Gasteiger partial charge on any atom is -0.326 e. The molecule has 1 atom stereocenters. The number of fused-ring (bicyclic) bond motifs is 1. The zero-order chi connectivity index (χ0) is 11.9. The van der Waals surface area contributed by atoms with Gasteiger partial charge in [-0.3, -0.25) is 4.79 Å². The molecule has 0 radical (unpaired) electrons. The molecule has 1 aliphatic rings. The van der Waals surface area contributed by atoms with Crippen molar-refractivity contribution in [3.8, 4) is 0 Å². The molecular weight excluding hydrogens is 198 g/mol. The number of para-hydroxylation sites is 1. The van der Waals surface area contributed by atoms with E-state index >= 15 is 0 Å². The monoisotopic (exact) mass is 217 g/mol. The zero-order valence-electron chi connectivity index (χ0n) is 10.4. The Morgan fingerprint density at radius 3 is 2.50 bits per heavy atom. The topological polar surface area (TPSA) is 29.1 Å². The van der Waals surface area contributed by atoms with Gasteiger partial charge in [0.2, 0.25) is 5.91 Å². The Hall–Kier alpha value is -1.31. The standard InChI is InChI=1S/C14H19NO/c1-9(2)12-13(16)15-11-8-6-5-7-10(11)14(12,3)4/h5-9,12H,1-4H3,(H,15,16). The van der Waals surface area contributed by atoms with Crippen molar-refractivity contribution in [2.75, 3.05) is 5.32 Å². The van der Waals surface area contributed by atoms with Gasteiger partial charge in [0.25, 0.3) is 0 Å². The second-order valence-corrected chi connectivity index (χ2v) is 5.48. The van der Waals surface area contributed by atoms with Crippen molar-refractivity contribution in [1.82, 2.24) is 0 Å². The van der Waals surface area contributed by atoms with Gasteiger partial charge >= 0.3 is 0 Å². The third-order valence-corrected chi connectivity index (χ3v) is 3.61. The first kappa shape index (κ1) is 11.2. The lowest BCUT2D eigenvalue weighted by atomic mass is 9.66. The molecule has 2 nitrogen and oxygen atoms in total. The first-order valence-electron chi connectivity index (χ1n) is 5.85. The fourth-order valence-electron chi connectivity index (χ4n) is 3.00. The van der Waals surface area contributed by atoms with Crippen LogP contribution >= 0.6 is 0 Å². The first-order valence-corrected chi connectivity index (χ1v) is 5.85. The van der Waals surface area contributed by atoms with Gasteiger partial charge in [0.15, 0.2) is 0 Å². The van der Waals surface area contributed by atoms with Crippen LogP contribution in [0, 0.1) is 11.8 Å². The maximum Gasteiger partial charge on any atom is 0.228 e. The molecule has 1 heterocycles.